The normalized spacial score (nSPS) is 11.9. The van der Waals surface area contributed by atoms with E-state index in [4.69, 9.17) is 14.6 Å². The summed E-state index contributed by atoms with van der Waals surface area (Å²) in [6.07, 6.45) is 0.350. The van der Waals surface area contributed by atoms with Crippen LogP contribution < -0.4 is 14.8 Å². The topological polar surface area (TPSA) is 109 Å². The Bertz CT molecular complexity index is 948. The van der Waals surface area contributed by atoms with Gasteiger partial charge in [0.05, 0.1) is 7.11 Å². The van der Waals surface area contributed by atoms with E-state index in [1.54, 1.807) is 36.4 Å². The molecule has 144 valence electrons. The second-order valence-corrected chi connectivity index (χ2v) is 6.56. The van der Waals surface area contributed by atoms with E-state index in [1.165, 1.54) is 26.2 Å². The van der Waals surface area contributed by atoms with Crippen molar-refractivity contribution in [1.82, 2.24) is 0 Å². The highest BCUT2D eigenvalue weighted by Crippen LogP contribution is 2.30. The zero-order valence-electron chi connectivity index (χ0n) is 15.1. The van der Waals surface area contributed by atoms with Crippen LogP contribution in [0.1, 0.15) is 12.5 Å². The smallest absolute Gasteiger partial charge is 0.344 e. The van der Waals surface area contributed by atoms with Crippen LogP contribution in [0.4, 0.5) is 5.69 Å². The summed E-state index contributed by atoms with van der Waals surface area (Å²) in [5.41, 5.74) is 0.977. The molecule has 2 rings (SSSR count). The first-order valence-electron chi connectivity index (χ1n) is 8.10. The third-order valence-electron chi connectivity index (χ3n) is 3.62. The van der Waals surface area contributed by atoms with E-state index in [0.29, 0.717) is 11.3 Å². The van der Waals surface area contributed by atoms with Crippen molar-refractivity contribution in [2.45, 2.75) is 13.0 Å². The Morgan fingerprint density at radius 2 is 1.89 bits per heavy atom. The van der Waals surface area contributed by atoms with Crippen LogP contribution in [0.3, 0.4) is 0 Å². The summed E-state index contributed by atoms with van der Waals surface area (Å²) in [4.78, 5) is 23.3. The maximum Gasteiger partial charge on any atom is 0.344 e. The monoisotopic (exact) mass is 444 g/mol. The van der Waals surface area contributed by atoms with E-state index in [1.807, 2.05) is 6.07 Å². The fourth-order valence-electron chi connectivity index (χ4n) is 2.16. The number of carboxylic acids is 1. The molecule has 28 heavy (non-hydrogen) atoms. The van der Waals surface area contributed by atoms with Crippen LogP contribution in [0, 0.1) is 11.3 Å². The average molecular weight is 445 g/mol. The molecule has 2 N–H and O–H groups in total. The molecule has 0 aromatic heterocycles. The summed E-state index contributed by atoms with van der Waals surface area (Å²) in [7, 11) is 1.41. The third kappa shape index (κ3) is 5.59. The van der Waals surface area contributed by atoms with Gasteiger partial charge in [-0.25, -0.2) is 4.79 Å². The van der Waals surface area contributed by atoms with Gasteiger partial charge in [-0.05, 0) is 55.0 Å². The van der Waals surface area contributed by atoms with Crippen LogP contribution in [0.15, 0.2) is 52.5 Å². The van der Waals surface area contributed by atoms with E-state index < -0.39 is 18.0 Å². The van der Waals surface area contributed by atoms with Crippen molar-refractivity contribution >= 4 is 39.6 Å². The number of amides is 1. The molecule has 2 aromatic rings. The number of benzene rings is 2. The summed E-state index contributed by atoms with van der Waals surface area (Å²) >= 11 is 3.31. The zero-order chi connectivity index (χ0) is 20.7. The van der Waals surface area contributed by atoms with Gasteiger partial charge in [0.2, 0.25) is 0 Å². The SMILES string of the molecule is COc1cc(/C=C(/C#N)C(=O)Nc2ccc(Br)cc2)ccc1O[C@@H](C)C(=O)O. The van der Waals surface area contributed by atoms with Crippen molar-refractivity contribution in [2.75, 3.05) is 12.4 Å². The number of nitrogens with zero attached hydrogens (tertiary/aromatic N) is 1. The Morgan fingerprint density at radius 1 is 1.21 bits per heavy atom. The molecular formula is C20H17BrN2O5. The van der Waals surface area contributed by atoms with Crippen LogP contribution in [0.25, 0.3) is 6.08 Å². The number of hydrogen-bond donors (Lipinski definition) is 2. The molecule has 0 aliphatic rings. The van der Waals surface area contributed by atoms with Gasteiger partial charge in [-0.3, -0.25) is 4.79 Å². The van der Waals surface area contributed by atoms with Gasteiger partial charge >= 0.3 is 5.97 Å². The van der Waals surface area contributed by atoms with Crippen molar-refractivity contribution < 1.29 is 24.2 Å². The number of rotatable bonds is 7. The number of aliphatic carboxylic acids is 1. The van der Waals surface area contributed by atoms with Crippen LogP contribution in [0.5, 0.6) is 11.5 Å². The highest BCUT2D eigenvalue weighted by molar-refractivity contribution is 9.10. The minimum atomic E-state index is -1.11. The molecule has 0 saturated heterocycles. The molecule has 0 bridgehead atoms. The standard InChI is InChI=1S/C20H17BrN2O5/c1-12(20(25)26)28-17-8-3-13(10-18(17)27-2)9-14(11-22)19(24)23-16-6-4-15(21)5-7-16/h3-10,12H,1-2H3,(H,23,24)(H,25,26)/b14-9-/t12-/m0/s1. The van der Waals surface area contributed by atoms with Gasteiger partial charge in [-0.1, -0.05) is 22.0 Å². The Balaban J connectivity index is 2.23. The fourth-order valence-corrected chi connectivity index (χ4v) is 2.42. The van der Waals surface area contributed by atoms with Crippen molar-refractivity contribution in [2.24, 2.45) is 0 Å². The highest BCUT2D eigenvalue weighted by Gasteiger charge is 2.16. The molecule has 0 radical (unpaired) electrons. The number of anilines is 1. The minimum Gasteiger partial charge on any atom is -0.493 e. The molecule has 0 saturated carbocycles. The summed E-state index contributed by atoms with van der Waals surface area (Å²) in [5.74, 6) is -1.13. The van der Waals surface area contributed by atoms with E-state index in [9.17, 15) is 14.9 Å². The molecule has 2 aromatic carbocycles. The number of carbonyl (C=O) groups is 2. The summed E-state index contributed by atoms with van der Waals surface area (Å²) in [6.45, 7) is 1.40. The van der Waals surface area contributed by atoms with Crippen molar-refractivity contribution in [3.05, 3.63) is 58.1 Å². The first-order valence-corrected chi connectivity index (χ1v) is 8.89. The second kappa shape index (κ2) is 9.58. The molecule has 8 heteroatoms. The molecule has 1 atom stereocenters. The van der Waals surface area contributed by atoms with Crippen molar-refractivity contribution in [1.29, 1.82) is 5.26 Å². The second-order valence-electron chi connectivity index (χ2n) is 5.64. The van der Waals surface area contributed by atoms with Crippen molar-refractivity contribution in [3.8, 4) is 17.6 Å². The first kappa shape index (κ1) is 21.0. The highest BCUT2D eigenvalue weighted by atomic mass is 79.9. The van der Waals surface area contributed by atoms with Crippen LogP contribution in [-0.2, 0) is 9.59 Å². The lowest BCUT2D eigenvalue weighted by Crippen LogP contribution is -2.23. The van der Waals surface area contributed by atoms with Gasteiger partial charge in [0.25, 0.3) is 5.91 Å². The first-order chi connectivity index (χ1) is 13.3. The number of nitrogens with one attached hydrogen (secondary N) is 1. The minimum absolute atomic E-state index is 0.0995. The van der Waals surface area contributed by atoms with Gasteiger partial charge in [0.1, 0.15) is 11.6 Å². The van der Waals surface area contributed by atoms with E-state index in [2.05, 4.69) is 21.2 Å². The molecule has 7 nitrogen and oxygen atoms in total. The maximum atomic E-state index is 12.3. The molecule has 0 aliphatic heterocycles. The number of ether oxygens (including phenoxy) is 2. The van der Waals surface area contributed by atoms with Gasteiger partial charge < -0.3 is 19.9 Å². The van der Waals surface area contributed by atoms with Crippen LogP contribution >= 0.6 is 15.9 Å². The van der Waals surface area contributed by atoms with Crippen LogP contribution in [0.2, 0.25) is 0 Å². The zero-order valence-corrected chi connectivity index (χ0v) is 16.7. The Hall–Kier alpha value is -3.31. The van der Waals surface area contributed by atoms with Crippen molar-refractivity contribution in [3.63, 3.8) is 0 Å². The molecule has 0 unspecified atom stereocenters. The van der Waals surface area contributed by atoms with Crippen LogP contribution in [-0.4, -0.2) is 30.2 Å². The number of methoxy groups -OCH3 is 1. The summed E-state index contributed by atoms with van der Waals surface area (Å²) in [5, 5.41) is 20.9. The Morgan fingerprint density at radius 3 is 2.46 bits per heavy atom. The number of carbonyl (C=O) groups excluding carboxylic acids is 1. The van der Waals surface area contributed by atoms with E-state index in [-0.39, 0.29) is 17.1 Å². The molecule has 0 fully saturated rings. The lowest BCUT2D eigenvalue weighted by atomic mass is 10.1. The summed E-state index contributed by atoms with van der Waals surface area (Å²) < 4.78 is 11.4. The lowest BCUT2D eigenvalue weighted by molar-refractivity contribution is -0.144. The van der Waals surface area contributed by atoms with Gasteiger partial charge in [-0.15, -0.1) is 0 Å². The largest absolute Gasteiger partial charge is 0.493 e. The van der Waals surface area contributed by atoms with E-state index >= 15 is 0 Å². The molecule has 1 amide bonds. The predicted molar refractivity (Wildman–Crippen MR) is 107 cm³/mol. The molecule has 0 aliphatic carbocycles. The van der Waals surface area contributed by atoms with E-state index in [0.717, 1.165) is 4.47 Å². The average Bonchev–Trinajstić information content (AvgIpc) is 2.68. The molecule has 0 spiro atoms. The Labute approximate surface area is 170 Å². The number of halogens is 1. The molecule has 0 heterocycles. The van der Waals surface area contributed by atoms with Gasteiger partial charge in [0, 0.05) is 10.2 Å². The Kier molecular flexibility index (Phi) is 7.18. The fraction of sp³-hybridized carbons (Fsp3) is 0.150. The molecular weight excluding hydrogens is 428 g/mol. The predicted octanol–water partition coefficient (Wildman–Crippen LogP) is 3.86. The van der Waals surface area contributed by atoms with Gasteiger partial charge in [-0.2, -0.15) is 5.26 Å². The number of nitriles is 1. The number of hydrogen-bond acceptors (Lipinski definition) is 5. The van der Waals surface area contributed by atoms with Gasteiger partial charge in [0.15, 0.2) is 17.6 Å². The quantitative estimate of drug-likeness (QED) is 0.495. The number of carboxylic acid groups (broad SMARTS) is 1. The maximum absolute atomic E-state index is 12.3. The summed E-state index contributed by atoms with van der Waals surface area (Å²) in [6, 6.07) is 13.5. The lowest BCUT2D eigenvalue weighted by Gasteiger charge is -2.14. The third-order valence-corrected chi connectivity index (χ3v) is 4.15.